The number of methoxy groups -OCH3 is 1. The number of quaternary nitrogens is 1. The van der Waals surface area contributed by atoms with E-state index < -0.39 is 4.92 Å². The van der Waals surface area contributed by atoms with E-state index in [1.165, 1.54) is 38.2 Å². The maximum Gasteiger partial charge on any atom is 0.282 e. The Morgan fingerprint density at radius 3 is 2.76 bits per heavy atom. The predicted molar refractivity (Wildman–Crippen MR) is 95.6 cm³/mol. The highest BCUT2D eigenvalue weighted by molar-refractivity contribution is 5.95. The van der Waals surface area contributed by atoms with Crippen LogP contribution in [0.1, 0.15) is 40.0 Å². The number of non-ortho nitro benzene ring substituents is 1. The molecule has 1 amide bonds. The molecule has 1 aromatic carbocycles. The van der Waals surface area contributed by atoms with Crippen LogP contribution in [0, 0.1) is 22.0 Å². The van der Waals surface area contributed by atoms with Gasteiger partial charge in [-0.25, -0.2) is 0 Å². The molecular weight excluding hydrogens is 322 g/mol. The predicted octanol–water partition coefficient (Wildman–Crippen LogP) is 2.32. The standard InChI is InChI=1S/C18H27N3O4/c1-11-6-5-7-15(12(11)2)19-13(3)18(22)20-16-9-8-14(21(23)24)10-17(16)25-4/h8-13,15,19H,5-7H2,1-4H3,(H,20,22)/p+1/t11-,12+,13-,15+/m0/s1. The minimum atomic E-state index is -0.490. The van der Waals surface area contributed by atoms with Gasteiger partial charge < -0.3 is 15.4 Å². The number of rotatable bonds is 6. The molecule has 0 heterocycles. The lowest BCUT2D eigenvalue weighted by Gasteiger charge is -2.33. The summed E-state index contributed by atoms with van der Waals surface area (Å²) in [7, 11) is 1.43. The van der Waals surface area contributed by atoms with E-state index in [9.17, 15) is 14.9 Å². The third-order valence-corrected chi connectivity index (χ3v) is 5.37. The highest BCUT2D eigenvalue weighted by Crippen LogP contribution is 2.29. The van der Waals surface area contributed by atoms with Gasteiger partial charge in [-0.15, -0.1) is 0 Å². The fourth-order valence-electron chi connectivity index (χ4n) is 3.50. The number of hydrogen-bond acceptors (Lipinski definition) is 4. The van der Waals surface area contributed by atoms with Gasteiger partial charge in [0.15, 0.2) is 6.04 Å². The van der Waals surface area contributed by atoms with Crippen LogP contribution >= 0.6 is 0 Å². The number of nitrogens with zero attached hydrogens (tertiary/aromatic N) is 1. The van der Waals surface area contributed by atoms with Gasteiger partial charge >= 0.3 is 0 Å². The summed E-state index contributed by atoms with van der Waals surface area (Å²) in [5, 5.41) is 15.8. The second kappa shape index (κ2) is 8.29. The monoisotopic (exact) mass is 350 g/mol. The molecule has 7 nitrogen and oxygen atoms in total. The molecule has 3 N–H and O–H groups in total. The van der Waals surface area contributed by atoms with Crippen LogP contribution in [0.25, 0.3) is 0 Å². The Morgan fingerprint density at radius 1 is 1.40 bits per heavy atom. The van der Waals surface area contributed by atoms with E-state index in [1.54, 1.807) is 0 Å². The number of nitro groups is 1. The number of anilines is 1. The zero-order chi connectivity index (χ0) is 18.6. The van der Waals surface area contributed by atoms with Crippen LogP contribution in [-0.2, 0) is 4.79 Å². The average molecular weight is 350 g/mol. The first-order chi connectivity index (χ1) is 11.8. The summed E-state index contributed by atoms with van der Waals surface area (Å²) in [6.07, 6.45) is 3.59. The van der Waals surface area contributed by atoms with Crippen molar-refractivity contribution in [2.75, 3.05) is 12.4 Å². The Kier molecular flexibility index (Phi) is 6.36. The van der Waals surface area contributed by atoms with E-state index in [2.05, 4.69) is 24.5 Å². The van der Waals surface area contributed by atoms with E-state index in [-0.39, 0.29) is 23.4 Å². The zero-order valence-corrected chi connectivity index (χ0v) is 15.3. The number of nitro benzene ring substituents is 1. The van der Waals surface area contributed by atoms with Crippen molar-refractivity contribution in [2.24, 2.45) is 11.8 Å². The van der Waals surface area contributed by atoms with Crippen molar-refractivity contribution in [3.05, 3.63) is 28.3 Å². The summed E-state index contributed by atoms with van der Waals surface area (Å²) in [5.41, 5.74) is 0.378. The van der Waals surface area contributed by atoms with Gasteiger partial charge in [-0.05, 0) is 38.2 Å². The SMILES string of the molecule is COc1cc([N+](=O)[O-])ccc1NC(=O)[C@H](C)[NH2+][C@@H]1CCC[C@H](C)[C@H]1C. The van der Waals surface area contributed by atoms with E-state index >= 15 is 0 Å². The van der Waals surface area contributed by atoms with Crippen LogP contribution in [-0.4, -0.2) is 30.0 Å². The molecule has 0 bridgehead atoms. The molecule has 4 atom stereocenters. The molecule has 0 radical (unpaired) electrons. The molecule has 1 aliphatic carbocycles. The maximum atomic E-state index is 12.5. The van der Waals surface area contributed by atoms with Crippen molar-refractivity contribution < 1.29 is 19.8 Å². The summed E-state index contributed by atoms with van der Waals surface area (Å²) in [6.45, 7) is 6.42. The molecule has 1 aromatic rings. The summed E-state index contributed by atoms with van der Waals surface area (Å²) < 4.78 is 5.17. The Balaban J connectivity index is 2.02. The minimum absolute atomic E-state index is 0.0699. The normalized spacial score (nSPS) is 24.4. The number of amides is 1. The molecule has 0 spiro atoms. The summed E-state index contributed by atoms with van der Waals surface area (Å²) in [6, 6.07) is 4.39. The lowest BCUT2D eigenvalue weighted by molar-refractivity contribution is -0.715. The minimum Gasteiger partial charge on any atom is -0.494 e. The molecule has 1 aliphatic rings. The van der Waals surface area contributed by atoms with Crippen molar-refractivity contribution in [1.82, 2.24) is 0 Å². The molecule has 25 heavy (non-hydrogen) atoms. The number of carbonyl (C=O) groups is 1. The first kappa shape index (κ1) is 19.2. The molecular formula is C18H28N3O4+. The third kappa shape index (κ3) is 4.69. The number of hydrogen-bond donors (Lipinski definition) is 2. The Morgan fingerprint density at radius 2 is 2.12 bits per heavy atom. The smallest absolute Gasteiger partial charge is 0.282 e. The van der Waals surface area contributed by atoms with Crippen molar-refractivity contribution in [2.45, 2.75) is 52.1 Å². The summed E-state index contributed by atoms with van der Waals surface area (Å²) in [5.74, 6) is 1.42. The number of ether oxygens (including phenoxy) is 1. The van der Waals surface area contributed by atoms with E-state index in [4.69, 9.17) is 4.74 Å². The lowest BCUT2D eigenvalue weighted by atomic mass is 9.78. The second-order valence-electron chi connectivity index (χ2n) is 7.04. The van der Waals surface area contributed by atoms with Crippen LogP contribution in [0.2, 0.25) is 0 Å². The molecule has 0 unspecified atom stereocenters. The molecule has 1 fully saturated rings. The lowest BCUT2D eigenvalue weighted by Crippen LogP contribution is -2.97. The van der Waals surface area contributed by atoms with Gasteiger partial charge in [-0.2, -0.15) is 0 Å². The topological polar surface area (TPSA) is 98.1 Å². The Labute approximate surface area is 148 Å². The molecule has 0 saturated heterocycles. The summed E-state index contributed by atoms with van der Waals surface area (Å²) in [4.78, 5) is 22.9. The first-order valence-electron chi connectivity index (χ1n) is 8.81. The molecule has 138 valence electrons. The van der Waals surface area contributed by atoms with E-state index in [1.807, 2.05) is 6.92 Å². The summed E-state index contributed by atoms with van der Waals surface area (Å²) >= 11 is 0. The van der Waals surface area contributed by atoms with Crippen LogP contribution < -0.4 is 15.4 Å². The van der Waals surface area contributed by atoms with Crippen molar-refractivity contribution in [1.29, 1.82) is 0 Å². The third-order valence-electron chi connectivity index (χ3n) is 5.37. The molecule has 0 aliphatic heterocycles. The number of benzene rings is 1. The molecule has 0 aromatic heterocycles. The Bertz CT molecular complexity index is 635. The second-order valence-corrected chi connectivity index (χ2v) is 7.04. The van der Waals surface area contributed by atoms with Gasteiger partial charge in [0.1, 0.15) is 5.75 Å². The largest absolute Gasteiger partial charge is 0.494 e. The Hall–Kier alpha value is -2.15. The van der Waals surface area contributed by atoms with Gasteiger partial charge in [0.2, 0.25) is 0 Å². The van der Waals surface area contributed by atoms with E-state index in [0.29, 0.717) is 23.6 Å². The van der Waals surface area contributed by atoms with Gasteiger partial charge in [0, 0.05) is 12.0 Å². The van der Waals surface area contributed by atoms with Crippen LogP contribution in [0.3, 0.4) is 0 Å². The number of nitrogens with two attached hydrogens (primary N) is 1. The quantitative estimate of drug-likeness (QED) is 0.607. The van der Waals surface area contributed by atoms with Crippen molar-refractivity contribution in [3.8, 4) is 5.75 Å². The first-order valence-corrected chi connectivity index (χ1v) is 8.81. The fraction of sp³-hybridized carbons (Fsp3) is 0.611. The van der Waals surface area contributed by atoms with Gasteiger partial charge in [-0.3, -0.25) is 14.9 Å². The average Bonchev–Trinajstić information content (AvgIpc) is 2.58. The van der Waals surface area contributed by atoms with Gasteiger partial charge in [0.25, 0.3) is 11.6 Å². The zero-order valence-electron chi connectivity index (χ0n) is 15.3. The molecule has 7 heteroatoms. The highest BCUT2D eigenvalue weighted by Gasteiger charge is 2.32. The van der Waals surface area contributed by atoms with Crippen LogP contribution in [0.5, 0.6) is 5.75 Å². The number of nitrogens with one attached hydrogen (secondary N) is 1. The van der Waals surface area contributed by atoms with Crippen molar-refractivity contribution >= 4 is 17.3 Å². The fourth-order valence-corrected chi connectivity index (χ4v) is 3.50. The van der Waals surface area contributed by atoms with Gasteiger partial charge in [-0.1, -0.05) is 13.8 Å². The molecule has 1 saturated carbocycles. The van der Waals surface area contributed by atoms with Crippen LogP contribution in [0.4, 0.5) is 11.4 Å². The number of carbonyl (C=O) groups excluding carboxylic acids is 1. The van der Waals surface area contributed by atoms with Crippen LogP contribution in [0.15, 0.2) is 18.2 Å². The van der Waals surface area contributed by atoms with Crippen molar-refractivity contribution in [3.63, 3.8) is 0 Å². The molecule has 2 rings (SSSR count). The highest BCUT2D eigenvalue weighted by atomic mass is 16.6. The van der Waals surface area contributed by atoms with Gasteiger partial charge in [0.05, 0.1) is 29.8 Å². The maximum absolute atomic E-state index is 12.5. The van der Waals surface area contributed by atoms with E-state index in [0.717, 1.165) is 6.42 Å².